The number of pyridine rings is 2. The molecule has 0 saturated carbocycles. The predicted molar refractivity (Wildman–Crippen MR) is 97.8 cm³/mol. The Morgan fingerprint density at radius 2 is 2.16 bits per heavy atom. The molecule has 1 atom stereocenters. The number of fused-ring (bicyclic) bond motifs is 1. The van der Waals surface area contributed by atoms with Crippen LogP contribution in [0.5, 0.6) is 0 Å². The molecule has 1 aliphatic rings. The van der Waals surface area contributed by atoms with E-state index in [9.17, 15) is 9.90 Å². The Labute approximate surface area is 146 Å². The van der Waals surface area contributed by atoms with E-state index in [1.54, 1.807) is 26.3 Å². The monoisotopic (exact) mass is 341 g/mol. The maximum atomic E-state index is 12.4. The van der Waals surface area contributed by atoms with Crippen LogP contribution in [0.25, 0.3) is 10.9 Å². The second kappa shape index (κ2) is 6.51. The van der Waals surface area contributed by atoms with Gasteiger partial charge in [-0.05, 0) is 32.8 Å². The molecule has 0 aliphatic carbocycles. The van der Waals surface area contributed by atoms with Crippen molar-refractivity contribution in [3.05, 3.63) is 33.9 Å². The Morgan fingerprint density at radius 3 is 2.72 bits per heavy atom. The Hall–Kier alpha value is -2.36. The lowest BCUT2D eigenvalue weighted by molar-refractivity contribution is -0.0132. The highest BCUT2D eigenvalue weighted by atomic mass is 16.5. The first-order valence-corrected chi connectivity index (χ1v) is 8.39. The highest BCUT2D eigenvalue weighted by Gasteiger charge is 2.31. The number of H-pyrrole nitrogens is 1. The summed E-state index contributed by atoms with van der Waals surface area (Å²) in [5, 5.41) is 10.7. The van der Waals surface area contributed by atoms with Crippen LogP contribution < -0.4 is 10.5 Å². The van der Waals surface area contributed by atoms with Gasteiger partial charge >= 0.3 is 0 Å². The summed E-state index contributed by atoms with van der Waals surface area (Å²) in [6.45, 7) is 5.23. The van der Waals surface area contributed by atoms with Crippen LogP contribution in [0.3, 0.4) is 0 Å². The van der Waals surface area contributed by atoms with Gasteiger partial charge in [0.15, 0.2) is 0 Å². The zero-order valence-corrected chi connectivity index (χ0v) is 14.8. The van der Waals surface area contributed by atoms with Crippen LogP contribution in [-0.4, -0.2) is 40.9 Å². The minimum atomic E-state index is -0.698. The van der Waals surface area contributed by atoms with E-state index in [0.717, 1.165) is 37.0 Å². The fourth-order valence-electron chi connectivity index (χ4n) is 3.29. The molecule has 0 aromatic carbocycles. The number of piperidine rings is 1. The van der Waals surface area contributed by atoms with Crippen LogP contribution in [0, 0.1) is 12.3 Å². The predicted octanol–water partition coefficient (Wildman–Crippen LogP) is 1.96. The van der Waals surface area contributed by atoms with Gasteiger partial charge in [-0.15, -0.1) is 6.42 Å². The van der Waals surface area contributed by atoms with Crippen molar-refractivity contribution >= 4 is 16.6 Å². The summed E-state index contributed by atoms with van der Waals surface area (Å²) in [5.74, 6) is 2.54. The van der Waals surface area contributed by atoms with E-state index >= 15 is 0 Å². The Bertz CT molecular complexity index is 887. The number of anilines is 1. The van der Waals surface area contributed by atoms with Crippen molar-refractivity contribution in [1.82, 2.24) is 9.97 Å². The Balaban J connectivity index is 2.16. The van der Waals surface area contributed by atoms with Gasteiger partial charge in [0, 0.05) is 25.6 Å². The first-order valence-electron chi connectivity index (χ1n) is 8.39. The number of hydrogen-bond acceptors (Lipinski definition) is 5. The van der Waals surface area contributed by atoms with Crippen molar-refractivity contribution in [3.8, 4) is 12.3 Å². The zero-order valence-electron chi connectivity index (χ0n) is 14.8. The van der Waals surface area contributed by atoms with Crippen LogP contribution in [0.4, 0.5) is 5.69 Å². The maximum Gasteiger partial charge on any atom is 0.266 e. The second-order valence-corrected chi connectivity index (χ2v) is 6.79. The first kappa shape index (κ1) is 17.5. The molecule has 0 amide bonds. The number of nitrogens with zero attached hydrogens (tertiary/aromatic N) is 2. The van der Waals surface area contributed by atoms with Crippen molar-refractivity contribution in [2.24, 2.45) is 0 Å². The van der Waals surface area contributed by atoms with Crippen molar-refractivity contribution in [2.45, 2.75) is 38.4 Å². The average molecular weight is 341 g/mol. The SMILES string of the molecule is C#Cc1c(N2CCC(C)(OC)CC2)c2cc([C@H](C)O)ncc2[nH]c1=O. The number of terminal acetylenes is 1. The van der Waals surface area contributed by atoms with Crippen molar-refractivity contribution in [3.63, 3.8) is 0 Å². The molecule has 6 nitrogen and oxygen atoms in total. The molecule has 3 rings (SSSR count). The molecule has 0 unspecified atom stereocenters. The fourth-order valence-corrected chi connectivity index (χ4v) is 3.29. The van der Waals surface area contributed by atoms with E-state index in [-0.39, 0.29) is 11.2 Å². The van der Waals surface area contributed by atoms with Crippen molar-refractivity contribution in [2.75, 3.05) is 25.1 Å². The molecule has 0 radical (unpaired) electrons. The van der Waals surface area contributed by atoms with Gasteiger partial charge < -0.3 is 19.7 Å². The largest absolute Gasteiger partial charge is 0.387 e. The minimum absolute atomic E-state index is 0.157. The molecule has 2 aromatic heterocycles. The molecule has 0 spiro atoms. The lowest BCUT2D eigenvalue weighted by atomic mass is 9.92. The van der Waals surface area contributed by atoms with Crippen LogP contribution in [-0.2, 0) is 4.74 Å². The van der Waals surface area contributed by atoms with Gasteiger partial charge in [-0.2, -0.15) is 0 Å². The Kier molecular flexibility index (Phi) is 4.55. The standard InChI is InChI=1S/C19H23N3O3/c1-5-13-17(22-8-6-19(3,25-4)7-9-22)14-10-15(12(2)23)20-11-16(14)21-18(13)24/h1,10-12,23H,6-9H2,2-4H3,(H,21,24)/t12-/m0/s1. The number of aromatic amines is 1. The molecular formula is C19H23N3O3. The van der Waals surface area contributed by atoms with Gasteiger partial charge in [-0.25, -0.2) is 0 Å². The van der Waals surface area contributed by atoms with Crippen molar-refractivity contribution < 1.29 is 9.84 Å². The third-order valence-corrected chi connectivity index (χ3v) is 5.09. The summed E-state index contributed by atoms with van der Waals surface area (Å²) >= 11 is 0. The summed E-state index contributed by atoms with van der Waals surface area (Å²) in [6.07, 6.45) is 8.20. The zero-order chi connectivity index (χ0) is 18.2. The third-order valence-electron chi connectivity index (χ3n) is 5.09. The molecule has 1 saturated heterocycles. The summed E-state index contributed by atoms with van der Waals surface area (Å²) in [4.78, 5) is 21.5. The molecular weight excluding hydrogens is 318 g/mol. The quantitative estimate of drug-likeness (QED) is 0.835. The van der Waals surface area contributed by atoms with Crippen LogP contribution in [0.2, 0.25) is 0 Å². The van der Waals surface area contributed by atoms with E-state index in [2.05, 4.69) is 27.7 Å². The number of aliphatic hydroxyl groups is 1. The van der Waals surface area contributed by atoms with Crippen LogP contribution >= 0.6 is 0 Å². The number of hydrogen-bond donors (Lipinski definition) is 2. The van der Waals surface area contributed by atoms with Gasteiger partial charge in [0.2, 0.25) is 0 Å². The summed E-state index contributed by atoms with van der Waals surface area (Å²) in [7, 11) is 1.73. The van der Waals surface area contributed by atoms with Crippen molar-refractivity contribution in [1.29, 1.82) is 0 Å². The molecule has 2 aromatic rings. The highest BCUT2D eigenvalue weighted by molar-refractivity contribution is 5.94. The van der Waals surface area contributed by atoms with E-state index in [1.807, 2.05) is 0 Å². The minimum Gasteiger partial charge on any atom is -0.387 e. The summed E-state index contributed by atoms with van der Waals surface area (Å²) < 4.78 is 5.60. The van der Waals surface area contributed by atoms with Crippen LogP contribution in [0.1, 0.15) is 44.1 Å². The van der Waals surface area contributed by atoms with E-state index in [0.29, 0.717) is 16.8 Å². The van der Waals surface area contributed by atoms with Crippen LogP contribution in [0.15, 0.2) is 17.1 Å². The molecule has 1 aliphatic heterocycles. The molecule has 25 heavy (non-hydrogen) atoms. The number of rotatable bonds is 3. The fraction of sp³-hybridized carbons (Fsp3) is 0.474. The van der Waals surface area contributed by atoms with Gasteiger partial charge in [0.1, 0.15) is 5.56 Å². The smallest absolute Gasteiger partial charge is 0.266 e. The molecule has 2 N–H and O–H groups in total. The molecule has 3 heterocycles. The number of nitrogens with one attached hydrogen (secondary N) is 1. The van der Waals surface area contributed by atoms with E-state index < -0.39 is 6.10 Å². The highest BCUT2D eigenvalue weighted by Crippen LogP contribution is 2.33. The topological polar surface area (TPSA) is 78.5 Å². The van der Waals surface area contributed by atoms with E-state index in [1.165, 1.54) is 0 Å². The summed E-state index contributed by atoms with van der Waals surface area (Å²) in [6, 6.07) is 1.80. The summed E-state index contributed by atoms with van der Waals surface area (Å²) in [5.41, 5.74) is 1.76. The maximum absolute atomic E-state index is 12.4. The van der Waals surface area contributed by atoms with Gasteiger partial charge in [-0.3, -0.25) is 9.78 Å². The number of methoxy groups -OCH3 is 1. The van der Waals surface area contributed by atoms with Gasteiger partial charge in [0.25, 0.3) is 5.56 Å². The lowest BCUT2D eigenvalue weighted by Crippen LogP contribution is -2.44. The number of aliphatic hydroxyl groups excluding tert-OH is 1. The first-order chi connectivity index (χ1) is 11.9. The molecule has 132 valence electrons. The number of ether oxygens (including phenoxy) is 1. The normalized spacial score (nSPS) is 18.1. The average Bonchev–Trinajstić information content (AvgIpc) is 2.61. The second-order valence-electron chi connectivity index (χ2n) is 6.79. The molecule has 1 fully saturated rings. The molecule has 6 heteroatoms. The number of aromatic nitrogens is 2. The van der Waals surface area contributed by atoms with Gasteiger partial charge in [-0.1, -0.05) is 5.92 Å². The van der Waals surface area contributed by atoms with Gasteiger partial charge in [0.05, 0.1) is 34.8 Å². The lowest BCUT2D eigenvalue weighted by Gasteiger charge is -2.40. The van der Waals surface area contributed by atoms with E-state index in [4.69, 9.17) is 11.2 Å². The Morgan fingerprint density at radius 1 is 1.48 bits per heavy atom. The third kappa shape index (κ3) is 3.13. The molecule has 0 bridgehead atoms.